The van der Waals surface area contributed by atoms with Crippen LogP contribution >= 0.6 is 11.8 Å². The second-order valence-electron chi connectivity index (χ2n) is 18.8. The first kappa shape index (κ1) is 52.0. The molecule has 66 heavy (non-hydrogen) atoms. The molecule has 0 bridgehead atoms. The van der Waals surface area contributed by atoms with Crippen molar-refractivity contribution in [2.24, 2.45) is 22.9 Å². The lowest BCUT2D eigenvalue weighted by Crippen LogP contribution is -2.70. The minimum atomic E-state index is -1.26. The maximum atomic E-state index is 14.9. The lowest BCUT2D eigenvalue weighted by Gasteiger charge is -2.60. The number of aliphatic hydroxyl groups excluding tert-OH is 2. The van der Waals surface area contributed by atoms with Crippen LogP contribution in [0.15, 0.2) is 82.9 Å². The Morgan fingerprint density at radius 1 is 0.924 bits per heavy atom. The number of thioether (sulfide) groups is 1. The molecular formula is C55H82N2O8S. The number of fused-ring (bicyclic) bond motifs is 2. The third kappa shape index (κ3) is 14.1. The SMILES string of the molecule is C=CCOC12Oc3ccc(OCCSc4ccccc4)cc3C3C(CCCCO)C(CCCCO)C=C(C(=NOC4CCCCO4)CC1N(CCC)C(=O)CCCCCCCCCCC)C32. The predicted molar refractivity (Wildman–Crippen MR) is 266 cm³/mol. The number of allylic oxidation sites excluding steroid dienone is 1. The lowest BCUT2D eigenvalue weighted by molar-refractivity contribution is -0.257. The van der Waals surface area contributed by atoms with Gasteiger partial charge >= 0.3 is 0 Å². The van der Waals surface area contributed by atoms with Crippen molar-refractivity contribution in [3.05, 3.63) is 78.4 Å². The van der Waals surface area contributed by atoms with Crippen molar-refractivity contribution in [1.82, 2.24) is 4.90 Å². The van der Waals surface area contributed by atoms with Gasteiger partial charge in [0.2, 0.25) is 18.0 Å². The molecule has 2 aliphatic heterocycles. The molecule has 7 unspecified atom stereocenters. The van der Waals surface area contributed by atoms with E-state index in [1.165, 1.54) is 43.4 Å². The fourth-order valence-electron chi connectivity index (χ4n) is 10.9. The van der Waals surface area contributed by atoms with Gasteiger partial charge in [-0.1, -0.05) is 114 Å². The average Bonchev–Trinajstić information content (AvgIpc) is 3.34. The van der Waals surface area contributed by atoms with Crippen LogP contribution in [0.1, 0.15) is 160 Å². The molecule has 1 amide bonds. The van der Waals surface area contributed by atoms with E-state index in [2.05, 4.69) is 61.7 Å². The van der Waals surface area contributed by atoms with Gasteiger partial charge in [0.25, 0.3) is 0 Å². The van der Waals surface area contributed by atoms with E-state index >= 15 is 0 Å². The number of rotatable bonds is 31. The van der Waals surface area contributed by atoms with Crippen molar-refractivity contribution >= 4 is 23.4 Å². The summed E-state index contributed by atoms with van der Waals surface area (Å²) in [6.45, 7) is 10.8. The van der Waals surface area contributed by atoms with E-state index in [9.17, 15) is 15.0 Å². The highest BCUT2D eigenvalue weighted by Gasteiger charge is 2.65. The summed E-state index contributed by atoms with van der Waals surface area (Å²) in [6.07, 6.45) is 23.8. The van der Waals surface area contributed by atoms with Gasteiger partial charge in [0.05, 0.1) is 31.5 Å². The van der Waals surface area contributed by atoms with Crippen LogP contribution in [0.5, 0.6) is 11.5 Å². The number of unbranched alkanes of at least 4 members (excludes halogenated alkanes) is 10. The van der Waals surface area contributed by atoms with Crippen LogP contribution in [0.3, 0.4) is 0 Å². The number of ether oxygens (including phenoxy) is 4. The topological polar surface area (TPSA) is 119 Å². The summed E-state index contributed by atoms with van der Waals surface area (Å²) >= 11 is 1.78. The molecule has 0 spiro atoms. The number of carbonyl (C=O) groups excluding carboxylic acids is 1. The van der Waals surface area contributed by atoms with Crippen molar-refractivity contribution < 1.29 is 38.8 Å². The molecule has 11 heteroatoms. The second kappa shape index (κ2) is 28.2. The number of hydrogen-bond acceptors (Lipinski definition) is 10. The first-order valence-electron chi connectivity index (χ1n) is 25.9. The molecule has 0 radical (unpaired) electrons. The van der Waals surface area contributed by atoms with Crippen LogP contribution in [-0.4, -0.2) is 90.2 Å². The van der Waals surface area contributed by atoms with Crippen LogP contribution < -0.4 is 9.47 Å². The van der Waals surface area contributed by atoms with Crippen molar-refractivity contribution in [2.45, 2.75) is 178 Å². The average molecular weight is 931 g/mol. The van der Waals surface area contributed by atoms with Crippen LogP contribution in [-0.2, 0) is 19.1 Å². The van der Waals surface area contributed by atoms with Crippen molar-refractivity contribution in [2.75, 3.05) is 45.3 Å². The molecule has 0 aromatic heterocycles. The molecule has 2 heterocycles. The van der Waals surface area contributed by atoms with Crippen molar-refractivity contribution in [3.63, 3.8) is 0 Å². The van der Waals surface area contributed by atoms with Gasteiger partial charge in [0.15, 0.2) is 0 Å². The Bertz CT molecular complexity index is 1800. The summed E-state index contributed by atoms with van der Waals surface area (Å²) in [6, 6.07) is 16.1. The van der Waals surface area contributed by atoms with E-state index in [4.69, 9.17) is 28.9 Å². The van der Waals surface area contributed by atoms with Gasteiger partial charge in [-0.05, 0) is 99.1 Å². The highest BCUT2D eigenvalue weighted by atomic mass is 32.2. The van der Waals surface area contributed by atoms with Crippen LogP contribution in [0.2, 0.25) is 0 Å². The third-order valence-electron chi connectivity index (χ3n) is 14.1. The number of benzene rings is 2. The third-order valence-corrected chi connectivity index (χ3v) is 15.1. The summed E-state index contributed by atoms with van der Waals surface area (Å²) in [5.74, 6) is 1.03. The van der Waals surface area contributed by atoms with Gasteiger partial charge in [0, 0.05) is 61.2 Å². The van der Waals surface area contributed by atoms with E-state index in [1.807, 2.05) is 18.2 Å². The van der Waals surface area contributed by atoms with E-state index in [-0.39, 0.29) is 49.4 Å². The summed E-state index contributed by atoms with van der Waals surface area (Å²) < 4.78 is 27.3. The van der Waals surface area contributed by atoms with Gasteiger partial charge in [-0.2, -0.15) is 0 Å². The highest BCUT2D eigenvalue weighted by molar-refractivity contribution is 7.99. The second-order valence-corrected chi connectivity index (χ2v) is 20.0. The number of oxime groups is 1. The zero-order valence-electron chi connectivity index (χ0n) is 40.4. The number of nitrogens with zero attached hydrogens (tertiary/aromatic N) is 2. The monoisotopic (exact) mass is 931 g/mol. The maximum Gasteiger partial charge on any atom is 0.239 e. The molecule has 2 N–H and O–H groups in total. The standard InChI is InChI=1S/C55H82N2O8S/c1-4-7-8-9-10-11-12-13-17-28-51(60)57(32-5-2)50-41-48(56-65-52-29-20-23-36-62-52)46-39-42(24-18-21-33-58)45(27-19-22-34-59)53-47-40-43(61-37-38-66-44-25-15-14-16-26-44)30-31-49(47)64-55(50,54(46)53)63-35-6-3/h6,14-16,25-26,30-31,39-40,42,45,50,52-54,58-59H,3-5,7-13,17-24,27-29,32-38,41H2,1-2H3. The Morgan fingerprint density at radius 3 is 2.39 bits per heavy atom. The van der Waals surface area contributed by atoms with E-state index < -0.39 is 18.1 Å². The quantitative estimate of drug-likeness (QED) is 0.0330. The molecule has 366 valence electrons. The lowest BCUT2D eigenvalue weighted by atomic mass is 9.55. The number of amides is 1. The predicted octanol–water partition coefficient (Wildman–Crippen LogP) is 12.2. The zero-order valence-corrected chi connectivity index (χ0v) is 41.2. The molecule has 6 rings (SSSR count). The molecule has 1 saturated carbocycles. The highest BCUT2D eigenvalue weighted by Crippen LogP contribution is 2.62. The van der Waals surface area contributed by atoms with E-state index in [0.29, 0.717) is 39.0 Å². The Labute approximate surface area is 401 Å². The first-order chi connectivity index (χ1) is 32.5. The summed E-state index contributed by atoms with van der Waals surface area (Å²) in [5.41, 5.74) is 2.93. The molecule has 2 aliphatic carbocycles. The maximum absolute atomic E-state index is 14.9. The van der Waals surface area contributed by atoms with Crippen molar-refractivity contribution in [1.29, 1.82) is 0 Å². The van der Waals surface area contributed by atoms with Gasteiger partial charge in [-0.3, -0.25) is 4.79 Å². The van der Waals surface area contributed by atoms with Gasteiger partial charge < -0.3 is 38.9 Å². The first-order valence-corrected chi connectivity index (χ1v) is 26.9. The van der Waals surface area contributed by atoms with E-state index in [1.54, 1.807) is 17.8 Å². The number of aliphatic hydroxyl groups is 2. The smallest absolute Gasteiger partial charge is 0.239 e. The Balaban J connectivity index is 1.42. The Morgan fingerprint density at radius 2 is 1.68 bits per heavy atom. The summed E-state index contributed by atoms with van der Waals surface area (Å²) in [7, 11) is 0. The largest absolute Gasteiger partial charge is 0.493 e. The molecule has 2 aromatic rings. The molecule has 1 saturated heterocycles. The summed E-state index contributed by atoms with van der Waals surface area (Å²) in [4.78, 5) is 24.5. The molecular weight excluding hydrogens is 849 g/mol. The normalized spacial score (nSPS) is 25.0. The van der Waals surface area contributed by atoms with Crippen LogP contribution in [0.4, 0.5) is 0 Å². The van der Waals surface area contributed by atoms with Crippen molar-refractivity contribution in [3.8, 4) is 11.5 Å². The summed E-state index contributed by atoms with van der Waals surface area (Å²) in [5, 5.41) is 25.1. The van der Waals surface area contributed by atoms with Crippen LogP contribution in [0, 0.1) is 17.8 Å². The minimum absolute atomic E-state index is 0.103. The zero-order chi connectivity index (χ0) is 46.4. The van der Waals surface area contributed by atoms with Gasteiger partial charge in [-0.25, -0.2) is 0 Å². The Hall–Kier alpha value is -3.35. The number of carbonyl (C=O) groups is 1. The molecule has 4 aliphatic rings. The molecule has 2 aromatic carbocycles. The van der Waals surface area contributed by atoms with E-state index in [0.717, 1.165) is 111 Å². The minimum Gasteiger partial charge on any atom is -0.493 e. The van der Waals surface area contributed by atoms with Gasteiger partial charge in [-0.15, -0.1) is 18.3 Å². The fraction of sp³-hybridized carbons (Fsp3) is 0.673. The molecule has 7 atom stereocenters. The molecule has 2 fully saturated rings. The molecule has 10 nitrogen and oxygen atoms in total. The fourth-order valence-corrected chi connectivity index (χ4v) is 11.7. The number of hydrogen-bond donors (Lipinski definition) is 2. The van der Waals surface area contributed by atoms with Gasteiger partial charge in [0.1, 0.15) is 17.5 Å². The Kier molecular flexibility index (Phi) is 22.2. The van der Waals surface area contributed by atoms with Crippen LogP contribution in [0.25, 0.3) is 0 Å².